The van der Waals surface area contributed by atoms with Crippen LogP contribution >= 0.6 is 11.6 Å². The van der Waals surface area contributed by atoms with Crippen molar-refractivity contribution in [3.63, 3.8) is 0 Å². The standard InChI is InChI=1S/C15H13ClN4O/c16-13-4-2-1-3-10(13)8-14-19-15(21-20-14)11-5-6-18-12(7-11)9-17/h1-7H,8-9,17H2. The maximum Gasteiger partial charge on any atom is 0.258 e. The molecule has 106 valence electrons. The molecule has 0 fully saturated rings. The predicted molar refractivity (Wildman–Crippen MR) is 79.7 cm³/mol. The van der Waals surface area contributed by atoms with Gasteiger partial charge in [0.25, 0.3) is 5.89 Å². The highest BCUT2D eigenvalue weighted by molar-refractivity contribution is 6.31. The highest BCUT2D eigenvalue weighted by Crippen LogP contribution is 2.21. The van der Waals surface area contributed by atoms with Crippen molar-refractivity contribution in [2.45, 2.75) is 13.0 Å². The Bertz CT molecular complexity index is 757. The van der Waals surface area contributed by atoms with E-state index in [2.05, 4.69) is 15.1 Å². The molecule has 0 saturated carbocycles. The lowest BCUT2D eigenvalue weighted by Gasteiger charge is -1.99. The van der Waals surface area contributed by atoms with E-state index in [1.165, 1.54) is 0 Å². The summed E-state index contributed by atoms with van der Waals surface area (Å²) in [5, 5.41) is 4.68. The molecule has 0 atom stereocenters. The van der Waals surface area contributed by atoms with Crippen molar-refractivity contribution in [1.29, 1.82) is 0 Å². The fourth-order valence-electron chi connectivity index (χ4n) is 1.98. The van der Waals surface area contributed by atoms with E-state index in [0.717, 1.165) is 16.8 Å². The third-order valence-corrected chi connectivity index (χ3v) is 3.42. The van der Waals surface area contributed by atoms with Crippen LogP contribution in [0, 0.1) is 0 Å². The van der Waals surface area contributed by atoms with E-state index in [0.29, 0.717) is 29.7 Å². The molecule has 6 heteroatoms. The number of aromatic nitrogens is 3. The third-order valence-electron chi connectivity index (χ3n) is 3.05. The SMILES string of the molecule is NCc1cc(-c2nc(Cc3ccccc3Cl)no2)ccn1. The van der Waals surface area contributed by atoms with Gasteiger partial charge in [-0.2, -0.15) is 4.98 Å². The Morgan fingerprint density at radius 2 is 2.05 bits per heavy atom. The number of hydrogen-bond donors (Lipinski definition) is 1. The molecule has 0 aliphatic rings. The van der Waals surface area contributed by atoms with Crippen molar-refractivity contribution >= 4 is 11.6 Å². The van der Waals surface area contributed by atoms with E-state index in [1.54, 1.807) is 6.20 Å². The van der Waals surface area contributed by atoms with Gasteiger partial charge in [0.1, 0.15) is 0 Å². The summed E-state index contributed by atoms with van der Waals surface area (Å²) in [6, 6.07) is 11.3. The molecule has 1 aromatic carbocycles. The summed E-state index contributed by atoms with van der Waals surface area (Å²) in [5.74, 6) is 1.04. The second-order valence-electron chi connectivity index (χ2n) is 4.52. The zero-order valence-electron chi connectivity index (χ0n) is 11.2. The van der Waals surface area contributed by atoms with Gasteiger partial charge in [-0.15, -0.1) is 0 Å². The minimum absolute atomic E-state index is 0.370. The average molecular weight is 301 g/mol. The van der Waals surface area contributed by atoms with Crippen LogP contribution < -0.4 is 5.73 Å². The van der Waals surface area contributed by atoms with Crippen LogP contribution in [0.5, 0.6) is 0 Å². The first kappa shape index (κ1) is 13.7. The number of nitrogens with two attached hydrogens (primary N) is 1. The molecule has 0 spiro atoms. The van der Waals surface area contributed by atoms with E-state index in [4.69, 9.17) is 21.9 Å². The molecule has 21 heavy (non-hydrogen) atoms. The molecule has 2 heterocycles. The predicted octanol–water partition coefficient (Wildman–Crippen LogP) is 2.83. The number of benzene rings is 1. The second kappa shape index (κ2) is 6.03. The van der Waals surface area contributed by atoms with E-state index < -0.39 is 0 Å². The average Bonchev–Trinajstić information content (AvgIpc) is 2.98. The summed E-state index contributed by atoms with van der Waals surface area (Å²) in [5.41, 5.74) is 8.12. The van der Waals surface area contributed by atoms with Gasteiger partial charge in [-0.05, 0) is 23.8 Å². The molecule has 0 aliphatic carbocycles. The van der Waals surface area contributed by atoms with Crippen LogP contribution in [0.2, 0.25) is 5.02 Å². The Kier molecular flexibility index (Phi) is 3.94. The first-order valence-electron chi connectivity index (χ1n) is 6.47. The zero-order chi connectivity index (χ0) is 14.7. The third kappa shape index (κ3) is 3.09. The van der Waals surface area contributed by atoms with Gasteiger partial charge in [0.15, 0.2) is 5.82 Å². The first-order chi connectivity index (χ1) is 10.3. The van der Waals surface area contributed by atoms with Gasteiger partial charge in [-0.1, -0.05) is 35.0 Å². The summed E-state index contributed by atoms with van der Waals surface area (Å²) in [7, 11) is 0. The minimum atomic E-state index is 0.370. The maximum absolute atomic E-state index is 6.13. The highest BCUT2D eigenvalue weighted by atomic mass is 35.5. The smallest absolute Gasteiger partial charge is 0.258 e. The van der Waals surface area contributed by atoms with Crippen molar-refractivity contribution in [2.24, 2.45) is 5.73 Å². The largest absolute Gasteiger partial charge is 0.334 e. The molecule has 0 bridgehead atoms. The minimum Gasteiger partial charge on any atom is -0.334 e. The normalized spacial score (nSPS) is 10.8. The van der Waals surface area contributed by atoms with Crippen LogP contribution in [0.4, 0.5) is 0 Å². The quantitative estimate of drug-likeness (QED) is 0.801. The number of nitrogens with zero attached hydrogens (tertiary/aromatic N) is 3. The van der Waals surface area contributed by atoms with Gasteiger partial charge in [0, 0.05) is 29.7 Å². The van der Waals surface area contributed by atoms with Crippen molar-refractivity contribution in [3.8, 4) is 11.5 Å². The van der Waals surface area contributed by atoms with E-state index in [1.807, 2.05) is 36.4 Å². The van der Waals surface area contributed by atoms with E-state index in [9.17, 15) is 0 Å². The Balaban J connectivity index is 1.85. The summed E-state index contributed by atoms with van der Waals surface area (Å²) in [6.45, 7) is 0.370. The lowest BCUT2D eigenvalue weighted by atomic mass is 10.1. The molecule has 0 aliphatic heterocycles. The topological polar surface area (TPSA) is 77.8 Å². The summed E-state index contributed by atoms with van der Waals surface area (Å²) in [4.78, 5) is 8.52. The van der Waals surface area contributed by atoms with Gasteiger partial charge in [0.05, 0.1) is 5.69 Å². The lowest BCUT2D eigenvalue weighted by molar-refractivity contribution is 0.424. The van der Waals surface area contributed by atoms with Gasteiger partial charge in [-0.25, -0.2) is 0 Å². The van der Waals surface area contributed by atoms with Gasteiger partial charge in [0.2, 0.25) is 0 Å². The molecular formula is C15H13ClN4O. The Morgan fingerprint density at radius 3 is 2.86 bits per heavy atom. The number of hydrogen-bond acceptors (Lipinski definition) is 5. The van der Waals surface area contributed by atoms with Crippen LogP contribution in [0.15, 0.2) is 47.1 Å². The number of rotatable bonds is 4. The Labute approximate surface area is 126 Å². The molecule has 2 N–H and O–H groups in total. The molecule has 0 unspecified atom stereocenters. The lowest BCUT2D eigenvalue weighted by Crippen LogP contribution is -1.99. The van der Waals surface area contributed by atoms with Crippen LogP contribution in [0.1, 0.15) is 17.1 Å². The van der Waals surface area contributed by atoms with Crippen LogP contribution in [-0.2, 0) is 13.0 Å². The van der Waals surface area contributed by atoms with Gasteiger partial charge >= 0.3 is 0 Å². The fourth-order valence-corrected chi connectivity index (χ4v) is 2.18. The molecule has 2 aromatic heterocycles. The highest BCUT2D eigenvalue weighted by Gasteiger charge is 2.11. The monoisotopic (exact) mass is 300 g/mol. The molecular weight excluding hydrogens is 288 g/mol. The van der Waals surface area contributed by atoms with Crippen molar-refractivity contribution in [3.05, 3.63) is 64.7 Å². The molecule has 5 nitrogen and oxygen atoms in total. The zero-order valence-corrected chi connectivity index (χ0v) is 11.9. The molecule has 3 rings (SSSR count). The summed E-state index contributed by atoms with van der Waals surface area (Å²) in [6.07, 6.45) is 2.20. The van der Waals surface area contributed by atoms with E-state index in [-0.39, 0.29) is 0 Å². The van der Waals surface area contributed by atoms with Gasteiger partial charge < -0.3 is 10.3 Å². The van der Waals surface area contributed by atoms with E-state index >= 15 is 0 Å². The van der Waals surface area contributed by atoms with Crippen LogP contribution in [-0.4, -0.2) is 15.1 Å². The van der Waals surface area contributed by atoms with Crippen LogP contribution in [0.3, 0.4) is 0 Å². The maximum atomic E-state index is 6.13. The van der Waals surface area contributed by atoms with Gasteiger partial charge in [-0.3, -0.25) is 4.98 Å². The summed E-state index contributed by atoms with van der Waals surface area (Å²) >= 11 is 6.13. The van der Waals surface area contributed by atoms with Crippen molar-refractivity contribution in [1.82, 2.24) is 15.1 Å². The Hall–Kier alpha value is -2.24. The summed E-state index contributed by atoms with van der Waals surface area (Å²) < 4.78 is 5.29. The number of pyridine rings is 1. The van der Waals surface area contributed by atoms with Crippen LogP contribution in [0.25, 0.3) is 11.5 Å². The molecule has 0 saturated heterocycles. The second-order valence-corrected chi connectivity index (χ2v) is 4.93. The first-order valence-corrected chi connectivity index (χ1v) is 6.85. The fraction of sp³-hybridized carbons (Fsp3) is 0.133. The molecule has 3 aromatic rings. The van der Waals surface area contributed by atoms with Crippen molar-refractivity contribution < 1.29 is 4.52 Å². The Morgan fingerprint density at radius 1 is 1.19 bits per heavy atom. The molecule has 0 amide bonds. The van der Waals surface area contributed by atoms with Crippen molar-refractivity contribution in [2.75, 3.05) is 0 Å². The number of halogens is 1. The molecule has 0 radical (unpaired) electrons.